The molecule has 6 heteroatoms. The second-order valence-electron chi connectivity index (χ2n) is 4.41. The summed E-state index contributed by atoms with van der Waals surface area (Å²) in [6, 6.07) is 5.35. The Morgan fingerprint density at radius 3 is 2.89 bits per heavy atom. The highest BCUT2D eigenvalue weighted by Gasteiger charge is 2.13. The molecular formula is C13H18BrN3O2. The number of hydrogen-bond donors (Lipinski definition) is 2. The van der Waals surface area contributed by atoms with E-state index in [9.17, 15) is 4.79 Å². The highest BCUT2D eigenvalue weighted by molar-refractivity contribution is 9.10. The Labute approximate surface area is 121 Å². The number of para-hydroxylation sites is 1. The van der Waals surface area contributed by atoms with E-state index in [1.807, 2.05) is 6.07 Å². The van der Waals surface area contributed by atoms with Crippen LogP contribution in [0.2, 0.25) is 0 Å². The van der Waals surface area contributed by atoms with Crippen molar-refractivity contribution in [2.24, 2.45) is 0 Å². The van der Waals surface area contributed by atoms with Crippen molar-refractivity contribution >= 4 is 27.5 Å². The summed E-state index contributed by atoms with van der Waals surface area (Å²) in [5, 5.41) is 2.89. The Morgan fingerprint density at radius 2 is 2.16 bits per heavy atom. The van der Waals surface area contributed by atoms with Gasteiger partial charge in [-0.2, -0.15) is 0 Å². The van der Waals surface area contributed by atoms with Crippen molar-refractivity contribution in [3.63, 3.8) is 0 Å². The third-order valence-corrected chi connectivity index (χ3v) is 3.81. The number of morpholine rings is 1. The van der Waals surface area contributed by atoms with Gasteiger partial charge < -0.3 is 15.8 Å². The number of nitrogen functional groups attached to an aromatic ring is 1. The standard InChI is InChI=1S/C13H18BrN3O2/c14-11-3-1-2-10(12(11)15)13(18)16-4-5-17-6-8-19-9-7-17/h1-3H,4-9,15H2,(H,16,18). The summed E-state index contributed by atoms with van der Waals surface area (Å²) < 4.78 is 6.02. The summed E-state index contributed by atoms with van der Waals surface area (Å²) in [6.45, 7) is 4.84. The summed E-state index contributed by atoms with van der Waals surface area (Å²) in [7, 11) is 0. The Kier molecular flexibility index (Phi) is 5.18. The van der Waals surface area contributed by atoms with Crippen LogP contribution in [0.4, 0.5) is 5.69 Å². The third-order valence-electron chi connectivity index (χ3n) is 3.11. The molecule has 0 bridgehead atoms. The molecule has 0 aromatic heterocycles. The Morgan fingerprint density at radius 1 is 1.42 bits per heavy atom. The molecule has 104 valence electrons. The van der Waals surface area contributed by atoms with E-state index in [-0.39, 0.29) is 5.91 Å². The predicted molar refractivity (Wildman–Crippen MR) is 78.1 cm³/mol. The maximum atomic E-state index is 12.0. The van der Waals surface area contributed by atoms with E-state index in [0.717, 1.165) is 37.3 Å². The van der Waals surface area contributed by atoms with Crippen LogP contribution in [0.3, 0.4) is 0 Å². The number of carbonyl (C=O) groups excluding carboxylic acids is 1. The molecule has 1 fully saturated rings. The Balaban J connectivity index is 1.82. The molecule has 0 aliphatic carbocycles. The monoisotopic (exact) mass is 327 g/mol. The smallest absolute Gasteiger partial charge is 0.253 e. The van der Waals surface area contributed by atoms with Crippen molar-refractivity contribution in [2.45, 2.75) is 0 Å². The van der Waals surface area contributed by atoms with Crippen LogP contribution in [0.1, 0.15) is 10.4 Å². The number of nitrogens with one attached hydrogen (secondary N) is 1. The van der Waals surface area contributed by atoms with Gasteiger partial charge in [0, 0.05) is 30.7 Å². The lowest BCUT2D eigenvalue weighted by molar-refractivity contribution is 0.0383. The van der Waals surface area contributed by atoms with Crippen LogP contribution in [-0.4, -0.2) is 50.2 Å². The number of amides is 1. The van der Waals surface area contributed by atoms with E-state index in [2.05, 4.69) is 26.1 Å². The highest BCUT2D eigenvalue weighted by Crippen LogP contribution is 2.22. The van der Waals surface area contributed by atoms with Gasteiger partial charge in [0.1, 0.15) is 0 Å². The molecule has 0 spiro atoms. The molecule has 0 unspecified atom stereocenters. The molecule has 2 rings (SSSR count). The summed E-state index contributed by atoms with van der Waals surface area (Å²) in [6.07, 6.45) is 0. The minimum absolute atomic E-state index is 0.132. The van der Waals surface area contributed by atoms with Crippen LogP contribution < -0.4 is 11.1 Å². The van der Waals surface area contributed by atoms with Crippen molar-refractivity contribution in [1.82, 2.24) is 10.2 Å². The lowest BCUT2D eigenvalue weighted by Crippen LogP contribution is -2.41. The van der Waals surface area contributed by atoms with Crippen molar-refractivity contribution in [3.8, 4) is 0 Å². The maximum absolute atomic E-state index is 12.0. The van der Waals surface area contributed by atoms with Gasteiger partial charge in [-0.25, -0.2) is 0 Å². The van der Waals surface area contributed by atoms with Gasteiger partial charge in [-0.05, 0) is 28.1 Å². The van der Waals surface area contributed by atoms with Gasteiger partial charge in [0.25, 0.3) is 5.91 Å². The van der Waals surface area contributed by atoms with Crippen LogP contribution in [-0.2, 0) is 4.74 Å². The van der Waals surface area contributed by atoms with E-state index < -0.39 is 0 Å². The SMILES string of the molecule is Nc1c(Br)cccc1C(=O)NCCN1CCOCC1. The first kappa shape index (κ1) is 14.3. The molecule has 1 amide bonds. The summed E-state index contributed by atoms with van der Waals surface area (Å²) in [5.41, 5.74) is 6.85. The molecule has 1 aliphatic rings. The van der Waals surface area contributed by atoms with E-state index in [0.29, 0.717) is 17.8 Å². The van der Waals surface area contributed by atoms with Crippen LogP contribution >= 0.6 is 15.9 Å². The number of halogens is 1. The van der Waals surface area contributed by atoms with Crippen molar-refractivity contribution in [3.05, 3.63) is 28.2 Å². The normalized spacial score (nSPS) is 16.3. The molecule has 0 atom stereocenters. The van der Waals surface area contributed by atoms with Crippen LogP contribution in [0, 0.1) is 0 Å². The first-order valence-electron chi connectivity index (χ1n) is 6.31. The summed E-state index contributed by atoms with van der Waals surface area (Å²) >= 11 is 3.32. The minimum atomic E-state index is -0.132. The van der Waals surface area contributed by atoms with E-state index >= 15 is 0 Å². The molecule has 0 radical (unpaired) electrons. The molecule has 1 heterocycles. The molecule has 19 heavy (non-hydrogen) atoms. The number of hydrogen-bond acceptors (Lipinski definition) is 4. The van der Waals surface area contributed by atoms with Crippen molar-refractivity contribution in [2.75, 3.05) is 45.1 Å². The fraction of sp³-hybridized carbons (Fsp3) is 0.462. The van der Waals surface area contributed by atoms with Gasteiger partial charge in [-0.1, -0.05) is 6.07 Å². The lowest BCUT2D eigenvalue weighted by Gasteiger charge is -2.26. The fourth-order valence-corrected chi connectivity index (χ4v) is 2.35. The molecule has 3 N–H and O–H groups in total. The van der Waals surface area contributed by atoms with Crippen molar-refractivity contribution in [1.29, 1.82) is 0 Å². The van der Waals surface area contributed by atoms with Gasteiger partial charge >= 0.3 is 0 Å². The van der Waals surface area contributed by atoms with Gasteiger partial charge in [0.05, 0.1) is 24.5 Å². The molecule has 1 aliphatic heterocycles. The number of rotatable bonds is 4. The minimum Gasteiger partial charge on any atom is -0.397 e. The van der Waals surface area contributed by atoms with Gasteiger partial charge in [0.15, 0.2) is 0 Å². The molecule has 5 nitrogen and oxygen atoms in total. The van der Waals surface area contributed by atoms with Crippen LogP contribution in [0.15, 0.2) is 22.7 Å². The lowest BCUT2D eigenvalue weighted by atomic mass is 10.1. The number of nitrogens with two attached hydrogens (primary N) is 1. The quantitative estimate of drug-likeness (QED) is 0.812. The highest BCUT2D eigenvalue weighted by atomic mass is 79.9. The Hall–Kier alpha value is -1.11. The first-order chi connectivity index (χ1) is 9.18. The number of nitrogens with zero attached hydrogens (tertiary/aromatic N) is 1. The number of carbonyl (C=O) groups is 1. The second-order valence-corrected chi connectivity index (χ2v) is 5.27. The van der Waals surface area contributed by atoms with Gasteiger partial charge in [-0.15, -0.1) is 0 Å². The average Bonchev–Trinajstić information content (AvgIpc) is 2.43. The second kappa shape index (κ2) is 6.88. The molecule has 0 saturated carbocycles. The van der Waals surface area contributed by atoms with Crippen molar-refractivity contribution < 1.29 is 9.53 Å². The topological polar surface area (TPSA) is 67.6 Å². The largest absolute Gasteiger partial charge is 0.397 e. The van der Waals surface area contributed by atoms with Crippen LogP contribution in [0.25, 0.3) is 0 Å². The third kappa shape index (κ3) is 3.92. The van der Waals surface area contributed by atoms with E-state index in [1.54, 1.807) is 12.1 Å². The van der Waals surface area contributed by atoms with E-state index in [1.165, 1.54) is 0 Å². The summed E-state index contributed by atoms with van der Waals surface area (Å²) in [5.74, 6) is -0.132. The predicted octanol–water partition coefficient (Wildman–Crippen LogP) is 1.09. The maximum Gasteiger partial charge on any atom is 0.253 e. The van der Waals surface area contributed by atoms with E-state index in [4.69, 9.17) is 10.5 Å². The molecule has 1 saturated heterocycles. The van der Waals surface area contributed by atoms with Crippen LogP contribution in [0.5, 0.6) is 0 Å². The zero-order chi connectivity index (χ0) is 13.7. The first-order valence-corrected chi connectivity index (χ1v) is 7.10. The number of benzene rings is 1. The zero-order valence-corrected chi connectivity index (χ0v) is 12.3. The fourth-order valence-electron chi connectivity index (χ4n) is 1.98. The zero-order valence-electron chi connectivity index (χ0n) is 10.7. The molecule has 1 aromatic rings. The number of ether oxygens (including phenoxy) is 1. The van der Waals surface area contributed by atoms with Gasteiger partial charge in [-0.3, -0.25) is 9.69 Å². The average molecular weight is 328 g/mol. The molecular weight excluding hydrogens is 310 g/mol. The number of anilines is 1. The summed E-state index contributed by atoms with van der Waals surface area (Å²) in [4.78, 5) is 14.3. The van der Waals surface area contributed by atoms with Gasteiger partial charge in [0.2, 0.25) is 0 Å². The molecule has 1 aromatic carbocycles. The Bertz CT molecular complexity index is 448.